The number of rotatable bonds is 6. The molecule has 1 amide bonds. The molecule has 6 nitrogen and oxygen atoms in total. The molecule has 3 N–H and O–H groups in total. The van der Waals surface area contributed by atoms with Crippen LogP contribution in [0, 0.1) is 5.92 Å². The molecule has 0 spiro atoms. The van der Waals surface area contributed by atoms with Crippen molar-refractivity contribution in [1.82, 2.24) is 9.97 Å². The minimum absolute atomic E-state index is 0.215. The Morgan fingerprint density at radius 2 is 2.45 bits per heavy atom. The van der Waals surface area contributed by atoms with Gasteiger partial charge in [0.2, 0.25) is 11.9 Å². The molecule has 0 saturated carbocycles. The van der Waals surface area contributed by atoms with Crippen molar-refractivity contribution in [1.29, 1.82) is 0 Å². The third kappa shape index (κ3) is 4.08. The van der Waals surface area contributed by atoms with Crippen LogP contribution in [-0.2, 0) is 4.79 Å². The average molecular weight is 277 g/mol. The highest BCUT2D eigenvalue weighted by Crippen LogP contribution is 2.24. The van der Waals surface area contributed by atoms with Gasteiger partial charge in [-0.3, -0.25) is 4.79 Å². The molecule has 1 aromatic heterocycles. The van der Waals surface area contributed by atoms with Gasteiger partial charge in [-0.15, -0.1) is 0 Å². The molecule has 1 unspecified atom stereocenters. The van der Waals surface area contributed by atoms with Crippen molar-refractivity contribution >= 4 is 17.7 Å². The van der Waals surface area contributed by atoms with Gasteiger partial charge in [-0.05, 0) is 38.2 Å². The first-order valence-electron chi connectivity index (χ1n) is 7.29. The van der Waals surface area contributed by atoms with Crippen LogP contribution in [-0.4, -0.2) is 35.5 Å². The van der Waals surface area contributed by atoms with E-state index in [-0.39, 0.29) is 5.91 Å². The number of aromatic nitrogens is 2. The van der Waals surface area contributed by atoms with E-state index in [1.807, 2.05) is 13.0 Å². The first-order valence-corrected chi connectivity index (χ1v) is 7.29. The zero-order valence-electron chi connectivity index (χ0n) is 12.0. The van der Waals surface area contributed by atoms with Crippen molar-refractivity contribution in [3.63, 3.8) is 0 Å². The standard InChI is InChI=1S/C14H23N5O/c1-2-16-13-7-8-17-14(18-13)19-9-3-4-11(10-19)5-6-12(15)20/h7-8,11H,2-6,9-10H2,1H3,(H2,15,20)(H,16,17,18). The Labute approximate surface area is 119 Å². The summed E-state index contributed by atoms with van der Waals surface area (Å²) >= 11 is 0. The van der Waals surface area contributed by atoms with Gasteiger partial charge >= 0.3 is 0 Å². The third-order valence-corrected chi connectivity index (χ3v) is 3.60. The molecular weight excluding hydrogens is 254 g/mol. The van der Waals surface area contributed by atoms with E-state index in [0.717, 1.165) is 50.7 Å². The second kappa shape index (κ2) is 7.07. The fraction of sp³-hybridized carbons (Fsp3) is 0.643. The van der Waals surface area contributed by atoms with E-state index >= 15 is 0 Å². The number of primary amides is 1. The summed E-state index contributed by atoms with van der Waals surface area (Å²) in [7, 11) is 0. The zero-order chi connectivity index (χ0) is 14.4. The van der Waals surface area contributed by atoms with Crippen LogP contribution in [0.2, 0.25) is 0 Å². The summed E-state index contributed by atoms with van der Waals surface area (Å²) in [6, 6.07) is 1.88. The van der Waals surface area contributed by atoms with Gasteiger partial charge in [0.1, 0.15) is 5.82 Å². The molecule has 2 heterocycles. The molecule has 1 aliphatic rings. The lowest BCUT2D eigenvalue weighted by Crippen LogP contribution is -2.37. The molecule has 2 rings (SSSR count). The number of amides is 1. The van der Waals surface area contributed by atoms with Crippen LogP contribution in [0.25, 0.3) is 0 Å². The molecule has 0 radical (unpaired) electrons. The van der Waals surface area contributed by atoms with Crippen LogP contribution in [0.4, 0.5) is 11.8 Å². The van der Waals surface area contributed by atoms with Crippen LogP contribution in [0.5, 0.6) is 0 Å². The molecule has 0 aliphatic carbocycles. The number of hydrogen-bond acceptors (Lipinski definition) is 5. The minimum Gasteiger partial charge on any atom is -0.370 e. The fourth-order valence-corrected chi connectivity index (χ4v) is 2.61. The second-order valence-corrected chi connectivity index (χ2v) is 5.23. The highest BCUT2D eigenvalue weighted by Gasteiger charge is 2.22. The second-order valence-electron chi connectivity index (χ2n) is 5.23. The Morgan fingerprint density at radius 1 is 1.60 bits per heavy atom. The van der Waals surface area contributed by atoms with Gasteiger partial charge in [0, 0.05) is 32.3 Å². The Balaban J connectivity index is 1.97. The monoisotopic (exact) mass is 277 g/mol. The van der Waals surface area contributed by atoms with Gasteiger partial charge in [0.25, 0.3) is 0 Å². The Bertz CT molecular complexity index is 451. The van der Waals surface area contributed by atoms with Gasteiger partial charge in [-0.2, -0.15) is 4.98 Å². The molecule has 1 saturated heterocycles. The molecule has 110 valence electrons. The summed E-state index contributed by atoms with van der Waals surface area (Å²) in [6.45, 7) is 4.77. The fourth-order valence-electron chi connectivity index (χ4n) is 2.61. The van der Waals surface area contributed by atoms with Crippen molar-refractivity contribution < 1.29 is 4.79 Å². The summed E-state index contributed by atoms with van der Waals surface area (Å²) in [5, 5.41) is 3.20. The van der Waals surface area contributed by atoms with Crippen LogP contribution in [0.3, 0.4) is 0 Å². The summed E-state index contributed by atoms with van der Waals surface area (Å²) in [6.07, 6.45) is 5.37. The van der Waals surface area contributed by atoms with Crippen molar-refractivity contribution in [2.24, 2.45) is 11.7 Å². The van der Waals surface area contributed by atoms with Crippen molar-refractivity contribution in [3.8, 4) is 0 Å². The number of nitrogens with zero attached hydrogens (tertiary/aromatic N) is 3. The SMILES string of the molecule is CCNc1ccnc(N2CCCC(CCC(N)=O)C2)n1. The molecule has 1 aromatic rings. The van der Waals surface area contributed by atoms with E-state index in [4.69, 9.17) is 5.73 Å². The third-order valence-electron chi connectivity index (χ3n) is 3.60. The van der Waals surface area contributed by atoms with Gasteiger partial charge in [-0.1, -0.05) is 0 Å². The largest absolute Gasteiger partial charge is 0.370 e. The van der Waals surface area contributed by atoms with Gasteiger partial charge in [-0.25, -0.2) is 4.98 Å². The number of anilines is 2. The molecule has 0 bridgehead atoms. The molecule has 1 aliphatic heterocycles. The summed E-state index contributed by atoms with van der Waals surface area (Å²) in [5.74, 6) is 1.92. The van der Waals surface area contributed by atoms with Crippen LogP contribution in [0.15, 0.2) is 12.3 Å². The number of carbonyl (C=O) groups is 1. The van der Waals surface area contributed by atoms with E-state index in [1.165, 1.54) is 0 Å². The maximum Gasteiger partial charge on any atom is 0.227 e. The molecule has 20 heavy (non-hydrogen) atoms. The highest BCUT2D eigenvalue weighted by molar-refractivity contribution is 5.73. The molecular formula is C14H23N5O. The predicted molar refractivity (Wildman–Crippen MR) is 79.6 cm³/mol. The number of carbonyl (C=O) groups excluding carboxylic acids is 1. The highest BCUT2D eigenvalue weighted by atomic mass is 16.1. The van der Waals surface area contributed by atoms with E-state index < -0.39 is 0 Å². The first kappa shape index (κ1) is 14.6. The lowest BCUT2D eigenvalue weighted by molar-refractivity contribution is -0.118. The average Bonchev–Trinajstić information content (AvgIpc) is 2.46. The summed E-state index contributed by atoms with van der Waals surface area (Å²) < 4.78 is 0. The maximum absolute atomic E-state index is 10.9. The number of nitrogens with two attached hydrogens (primary N) is 1. The van der Waals surface area contributed by atoms with Gasteiger partial charge in [0.15, 0.2) is 0 Å². The van der Waals surface area contributed by atoms with E-state index in [0.29, 0.717) is 12.3 Å². The minimum atomic E-state index is -0.215. The van der Waals surface area contributed by atoms with E-state index in [9.17, 15) is 4.79 Å². The molecule has 1 atom stereocenters. The van der Waals surface area contributed by atoms with Crippen LogP contribution >= 0.6 is 0 Å². The topological polar surface area (TPSA) is 84.1 Å². The Morgan fingerprint density at radius 3 is 3.20 bits per heavy atom. The lowest BCUT2D eigenvalue weighted by atomic mass is 9.93. The lowest BCUT2D eigenvalue weighted by Gasteiger charge is -2.32. The normalized spacial score (nSPS) is 18.9. The molecule has 0 aromatic carbocycles. The molecule has 6 heteroatoms. The summed E-state index contributed by atoms with van der Waals surface area (Å²) in [5.41, 5.74) is 5.22. The van der Waals surface area contributed by atoms with E-state index in [2.05, 4.69) is 20.2 Å². The first-order chi connectivity index (χ1) is 9.69. The molecule has 1 fully saturated rings. The zero-order valence-corrected chi connectivity index (χ0v) is 12.0. The maximum atomic E-state index is 10.9. The van der Waals surface area contributed by atoms with Crippen LogP contribution < -0.4 is 16.0 Å². The van der Waals surface area contributed by atoms with E-state index in [1.54, 1.807) is 6.20 Å². The number of piperidine rings is 1. The number of nitrogens with one attached hydrogen (secondary N) is 1. The smallest absolute Gasteiger partial charge is 0.227 e. The van der Waals surface area contributed by atoms with Gasteiger partial charge < -0.3 is 16.0 Å². The van der Waals surface area contributed by atoms with Crippen LogP contribution in [0.1, 0.15) is 32.6 Å². The van der Waals surface area contributed by atoms with Gasteiger partial charge in [0.05, 0.1) is 0 Å². The van der Waals surface area contributed by atoms with Crippen molar-refractivity contribution in [2.75, 3.05) is 29.9 Å². The van der Waals surface area contributed by atoms with Crippen molar-refractivity contribution in [2.45, 2.75) is 32.6 Å². The number of hydrogen-bond donors (Lipinski definition) is 2. The predicted octanol–water partition coefficient (Wildman–Crippen LogP) is 1.39. The Kier molecular flexibility index (Phi) is 5.15. The Hall–Kier alpha value is -1.85. The van der Waals surface area contributed by atoms with Crippen molar-refractivity contribution in [3.05, 3.63) is 12.3 Å². The summed E-state index contributed by atoms with van der Waals surface area (Å²) in [4.78, 5) is 22.0. The quantitative estimate of drug-likeness (QED) is 0.821.